The molecule has 1 aromatic rings. The summed E-state index contributed by atoms with van der Waals surface area (Å²) in [5.74, 6) is 1.51. The average Bonchev–Trinajstić information content (AvgIpc) is 2.23. The predicted molar refractivity (Wildman–Crippen MR) is 58.5 cm³/mol. The minimum atomic E-state index is -0.0114. The lowest BCUT2D eigenvalue weighted by Crippen LogP contribution is -2.35. The normalized spacial score (nSPS) is 24.3. The second kappa shape index (κ2) is 4.43. The van der Waals surface area contributed by atoms with Gasteiger partial charge < -0.3 is 5.32 Å². The van der Waals surface area contributed by atoms with Crippen LogP contribution in [0.1, 0.15) is 30.1 Å². The minimum absolute atomic E-state index is 0.0114. The first-order chi connectivity index (χ1) is 7.25. The lowest BCUT2D eigenvalue weighted by molar-refractivity contribution is 0.0927. The molecule has 0 saturated heterocycles. The van der Waals surface area contributed by atoms with E-state index in [1.165, 1.54) is 12.8 Å². The van der Waals surface area contributed by atoms with Crippen molar-refractivity contribution in [2.75, 3.05) is 6.54 Å². The molecule has 0 bridgehead atoms. The number of hydrogen-bond donors (Lipinski definition) is 1. The number of amides is 1. The summed E-state index contributed by atoms with van der Waals surface area (Å²) < 4.78 is 0. The molecule has 0 spiro atoms. The summed E-state index contributed by atoms with van der Waals surface area (Å²) in [4.78, 5) is 15.5. The van der Waals surface area contributed by atoms with Crippen molar-refractivity contribution in [3.8, 4) is 0 Å². The van der Waals surface area contributed by atoms with Crippen LogP contribution >= 0.6 is 0 Å². The van der Waals surface area contributed by atoms with Crippen LogP contribution in [0.2, 0.25) is 0 Å². The molecule has 0 atom stereocenters. The molecule has 1 fully saturated rings. The maximum atomic E-state index is 11.6. The lowest BCUT2D eigenvalue weighted by Gasteiger charge is -2.32. The van der Waals surface area contributed by atoms with Gasteiger partial charge in [-0.15, -0.1) is 0 Å². The van der Waals surface area contributed by atoms with Gasteiger partial charge in [0.1, 0.15) is 0 Å². The van der Waals surface area contributed by atoms with Crippen molar-refractivity contribution in [1.29, 1.82) is 0 Å². The van der Waals surface area contributed by atoms with Crippen LogP contribution < -0.4 is 5.32 Å². The summed E-state index contributed by atoms with van der Waals surface area (Å²) in [6.45, 7) is 3.05. The number of rotatable bonds is 3. The predicted octanol–water partition coefficient (Wildman–Crippen LogP) is 1.86. The third-order valence-corrected chi connectivity index (χ3v) is 2.95. The summed E-state index contributed by atoms with van der Waals surface area (Å²) in [5, 5.41) is 2.94. The van der Waals surface area contributed by atoms with Crippen molar-refractivity contribution in [1.82, 2.24) is 10.3 Å². The summed E-state index contributed by atoms with van der Waals surface area (Å²) in [6.07, 6.45) is 5.75. The Balaban J connectivity index is 1.78. The molecule has 0 radical (unpaired) electrons. The Bertz CT molecular complexity index is 331. The van der Waals surface area contributed by atoms with Gasteiger partial charge in [0.25, 0.3) is 5.91 Å². The second-order valence-corrected chi connectivity index (χ2v) is 4.39. The molecule has 1 aliphatic carbocycles. The van der Waals surface area contributed by atoms with E-state index in [9.17, 15) is 4.79 Å². The molecule has 80 valence electrons. The van der Waals surface area contributed by atoms with E-state index in [2.05, 4.69) is 17.2 Å². The van der Waals surface area contributed by atoms with E-state index < -0.39 is 0 Å². The molecule has 0 aromatic carbocycles. The van der Waals surface area contributed by atoms with Gasteiger partial charge in [-0.25, -0.2) is 0 Å². The zero-order valence-electron chi connectivity index (χ0n) is 8.94. The van der Waals surface area contributed by atoms with Crippen LogP contribution in [0.15, 0.2) is 24.5 Å². The van der Waals surface area contributed by atoms with Gasteiger partial charge in [0.15, 0.2) is 0 Å². The molecule has 1 N–H and O–H groups in total. The van der Waals surface area contributed by atoms with Crippen LogP contribution in [0.25, 0.3) is 0 Å². The monoisotopic (exact) mass is 204 g/mol. The molecule has 15 heavy (non-hydrogen) atoms. The fraction of sp³-hybridized carbons (Fsp3) is 0.500. The van der Waals surface area contributed by atoms with Gasteiger partial charge >= 0.3 is 0 Å². The van der Waals surface area contributed by atoms with E-state index >= 15 is 0 Å². The number of nitrogens with zero attached hydrogens (tertiary/aromatic N) is 1. The summed E-state index contributed by atoms with van der Waals surface area (Å²) in [6, 6.07) is 3.56. The van der Waals surface area contributed by atoms with Crippen molar-refractivity contribution in [3.05, 3.63) is 30.1 Å². The smallest absolute Gasteiger partial charge is 0.252 e. The van der Waals surface area contributed by atoms with Gasteiger partial charge in [-0.1, -0.05) is 6.92 Å². The molecule has 1 heterocycles. The van der Waals surface area contributed by atoms with Crippen molar-refractivity contribution in [3.63, 3.8) is 0 Å². The van der Waals surface area contributed by atoms with Crippen molar-refractivity contribution in [2.24, 2.45) is 11.8 Å². The number of pyridine rings is 1. The topological polar surface area (TPSA) is 42.0 Å². The van der Waals surface area contributed by atoms with Gasteiger partial charge in [0.2, 0.25) is 0 Å². The van der Waals surface area contributed by atoms with E-state index in [1.54, 1.807) is 24.5 Å². The van der Waals surface area contributed by atoms with Gasteiger partial charge in [0, 0.05) is 18.9 Å². The van der Waals surface area contributed by atoms with E-state index in [-0.39, 0.29) is 5.91 Å². The Morgan fingerprint density at radius 1 is 1.60 bits per heavy atom. The highest BCUT2D eigenvalue weighted by atomic mass is 16.1. The molecule has 0 unspecified atom stereocenters. The Kier molecular flexibility index (Phi) is 2.99. The first kappa shape index (κ1) is 10.1. The quantitative estimate of drug-likeness (QED) is 0.816. The van der Waals surface area contributed by atoms with Gasteiger partial charge in [-0.2, -0.15) is 0 Å². The number of nitrogens with one attached hydrogen (secondary N) is 1. The molecule has 1 amide bonds. The third kappa shape index (κ3) is 2.55. The van der Waals surface area contributed by atoms with Crippen molar-refractivity contribution in [2.45, 2.75) is 19.8 Å². The van der Waals surface area contributed by atoms with E-state index in [0.717, 1.165) is 12.5 Å². The maximum Gasteiger partial charge on any atom is 0.252 e. The highest BCUT2D eigenvalue weighted by Gasteiger charge is 2.25. The Morgan fingerprint density at radius 3 is 3.00 bits per heavy atom. The number of aromatic nitrogens is 1. The van der Waals surface area contributed by atoms with Crippen LogP contribution in [0.4, 0.5) is 0 Å². The summed E-state index contributed by atoms with van der Waals surface area (Å²) in [7, 11) is 0. The van der Waals surface area contributed by atoms with Gasteiger partial charge in [0.05, 0.1) is 5.56 Å². The largest absolute Gasteiger partial charge is 0.352 e. The third-order valence-electron chi connectivity index (χ3n) is 2.95. The molecule has 1 aliphatic rings. The average molecular weight is 204 g/mol. The molecule has 3 nitrogen and oxygen atoms in total. The molecule has 3 heteroatoms. The molecule has 1 aromatic heterocycles. The zero-order chi connectivity index (χ0) is 10.7. The fourth-order valence-corrected chi connectivity index (χ4v) is 2.07. The zero-order valence-corrected chi connectivity index (χ0v) is 8.94. The number of hydrogen-bond acceptors (Lipinski definition) is 2. The standard InChI is InChI=1S/C12H16N2O/c1-9-5-10(6-9)7-14-12(15)11-3-2-4-13-8-11/h2-4,8-10H,5-7H2,1H3,(H,14,15). The van der Waals surface area contributed by atoms with Crippen LogP contribution in [-0.2, 0) is 0 Å². The Hall–Kier alpha value is -1.38. The summed E-state index contributed by atoms with van der Waals surface area (Å²) in [5.41, 5.74) is 0.643. The SMILES string of the molecule is CC1CC(CNC(=O)c2cccnc2)C1. The first-order valence-electron chi connectivity index (χ1n) is 5.44. The van der Waals surface area contributed by atoms with Crippen molar-refractivity contribution >= 4 is 5.91 Å². The fourth-order valence-electron chi connectivity index (χ4n) is 2.07. The van der Waals surface area contributed by atoms with E-state index in [4.69, 9.17) is 0 Å². The maximum absolute atomic E-state index is 11.6. The minimum Gasteiger partial charge on any atom is -0.352 e. The highest BCUT2D eigenvalue weighted by Crippen LogP contribution is 2.32. The second-order valence-electron chi connectivity index (χ2n) is 4.39. The first-order valence-corrected chi connectivity index (χ1v) is 5.44. The van der Waals surface area contributed by atoms with Crippen molar-refractivity contribution < 1.29 is 4.79 Å². The molecule has 2 rings (SSSR count). The van der Waals surface area contributed by atoms with E-state index in [1.807, 2.05) is 0 Å². The van der Waals surface area contributed by atoms with E-state index in [0.29, 0.717) is 11.5 Å². The summed E-state index contributed by atoms with van der Waals surface area (Å²) >= 11 is 0. The van der Waals surface area contributed by atoms with Gasteiger partial charge in [-0.3, -0.25) is 9.78 Å². The molecule has 0 aliphatic heterocycles. The van der Waals surface area contributed by atoms with Crippen LogP contribution in [-0.4, -0.2) is 17.4 Å². The molecular formula is C12H16N2O. The van der Waals surface area contributed by atoms with Crippen LogP contribution in [0.3, 0.4) is 0 Å². The lowest BCUT2D eigenvalue weighted by atomic mass is 9.76. The van der Waals surface area contributed by atoms with Crippen LogP contribution in [0.5, 0.6) is 0 Å². The highest BCUT2D eigenvalue weighted by molar-refractivity contribution is 5.93. The van der Waals surface area contributed by atoms with Crippen LogP contribution in [0, 0.1) is 11.8 Å². The van der Waals surface area contributed by atoms with Gasteiger partial charge in [-0.05, 0) is 36.8 Å². The number of carbonyl (C=O) groups is 1. The Morgan fingerprint density at radius 2 is 2.40 bits per heavy atom. The molecule has 1 saturated carbocycles. The Labute approximate surface area is 89.9 Å². The number of carbonyl (C=O) groups excluding carboxylic acids is 1. The molecular weight excluding hydrogens is 188 g/mol.